The first-order chi connectivity index (χ1) is 14.5. The molecule has 3 heterocycles. The van der Waals surface area contributed by atoms with Gasteiger partial charge in [-0.2, -0.15) is 18.2 Å². The molecule has 1 aromatic carbocycles. The Morgan fingerprint density at radius 1 is 1.13 bits per heavy atom. The average Bonchev–Trinajstić information content (AvgIpc) is 3.25. The maximum Gasteiger partial charge on any atom is 0.453 e. The lowest BCUT2D eigenvalue weighted by molar-refractivity contribution is -0.144. The van der Waals surface area contributed by atoms with Crippen LogP contribution in [-0.4, -0.2) is 30.5 Å². The van der Waals surface area contributed by atoms with E-state index in [4.69, 9.17) is 0 Å². The van der Waals surface area contributed by atoms with Crippen LogP contribution >= 0.6 is 11.3 Å². The molecule has 0 unspecified atom stereocenters. The molecule has 0 atom stereocenters. The number of hydrogen-bond donors (Lipinski definition) is 1. The van der Waals surface area contributed by atoms with Crippen LogP contribution in [0.25, 0.3) is 16.0 Å². The number of carbonyl (C=O) groups is 1. The first-order valence-corrected chi connectivity index (χ1v) is 9.70. The fourth-order valence-electron chi connectivity index (χ4n) is 3.09. The highest BCUT2D eigenvalue weighted by Gasteiger charge is 2.37. The van der Waals surface area contributed by atoms with E-state index in [1.54, 1.807) is 13.8 Å². The molecule has 0 saturated heterocycles. The zero-order valence-corrected chi connectivity index (χ0v) is 16.8. The summed E-state index contributed by atoms with van der Waals surface area (Å²) in [7, 11) is 0. The number of thiazole rings is 1. The van der Waals surface area contributed by atoms with Crippen molar-refractivity contribution in [3.8, 4) is 0 Å². The van der Waals surface area contributed by atoms with Crippen molar-refractivity contribution in [2.75, 3.05) is 5.32 Å². The third-order valence-corrected chi connectivity index (χ3v) is 5.52. The summed E-state index contributed by atoms with van der Waals surface area (Å²) >= 11 is 0.992. The van der Waals surface area contributed by atoms with Gasteiger partial charge in [0.2, 0.25) is 5.91 Å². The van der Waals surface area contributed by atoms with E-state index >= 15 is 0 Å². The molecule has 7 nitrogen and oxygen atoms in total. The van der Waals surface area contributed by atoms with Crippen LogP contribution < -0.4 is 5.32 Å². The highest BCUT2D eigenvalue weighted by molar-refractivity contribution is 7.22. The monoisotopic (exact) mass is 456 g/mol. The highest BCUT2D eigenvalue weighted by Crippen LogP contribution is 2.29. The van der Waals surface area contributed by atoms with Gasteiger partial charge in [-0.25, -0.2) is 23.3 Å². The summed E-state index contributed by atoms with van der Waals surface area (Å²) < 4.78 is 66.6. The number of benzene rings is 1. The summed E-state index contributed by atoms with van der Waals surface area (Å²) in [5.74, 6) is -3.94. The molecule has 0 aliphatic rings. The second-order valence-electron chi connectivity index (χ2n) is 6.71. The number of halogens is 5. The Bertz CT molecular complexity index is 1290. The van der Waals surface area contributed by atoms with E-state index in [9.17, 15) is 26.7 Å². The van der Waals surface area contributed by atoms with Crippen LogP contribution in [0.3, 0.4) is 0 Å². The van der Waals surface area contributed by atoms with Gasteiger partial charge in [-0.05, 0) is 31.9 Å². The standard InChI is InChI=1S/C18H13F5N6OS/c1-7-9(8(2)29-16(24-7)27-15(28-29)18(21,22)23)3-4-14(30)26-17-25-12-5-10(19)11(20)6-13(12)31-17/h5-6H,3-4H2,1-2H3,(H,25,26,30). The molecule has 13 heteroatoms. The van der Waals surface area contributed by atoms with Gasteiger partial charge in [0.1, 0.15) is 0 Å². The van der Waals surface area contributed by atoms with Crippen molar-refractivity contribution in [1.82, 2.24) is 24.6 Å². The van der Waals surface area contributed by atoms with Crippen LogP contribution in [0.1, 0.15) is 29.2 Å². The fraction of sp³-hybridized carbons (Fsp3) is 0.278. The van der Waals surface area contributed by atoms with Crippen LogP contribution in [0.2, 0.25) is 0 Å². The first kappa shape index (κ1) is 21.0. The summed E-state index contributed by atoms with van der Waals surface area (Å²) in [5.41, 5.74) is 1.61. The van der Waals surface area contributed by atoms with Gasteiger partial charge in [0.05, 0.1) is 10.2 Å². The van der Waals surface area contributed by atoms with Gasteiger partial charge in [-0.15, -0.1) is 5.10 Å². The molecule has 3 aromatic heterocycles. The predicted molar refractivity (Wildman–Crippen MR) is 102 cm³/mol. The Kier molecular flexibility index (Phi) is 5.07. The lowest BCUT2D eigenvalue weighted by atomic mass is 10.1. The minimum atomic E-state index is -4.70. The Morgan fingerprint density at radius 3 is 2.55 bits per heavy atom. The third-order valence-electron chi connectivity index (χ3n) is 4.58. The molecule has 4 aromatic rings. The summed E-state index contributed by atoms with van der Waals surface area (Å²) in [6.07, 6.45) is -4.53. The third kappa shape index (κ3) is 4.04. The summed E-state index contributed by atoms with van der Waals surface area (Å²) in [6.45, 7) is 3.18. The minimum Gasteiger partial charge on any atom is -0.302 e. The zero-order valence-electron chi connectivity index (χ0n) is 16.0. The van der Waals surface area contributed by atoms with Gasteiger partial charge in [-0.1, -0.05) is 11.3 Å². The molecule has 0 fully saturated rings. The van der Waals surface area contributed by atoms with Crippen LogP contribution in [0.5, 0.6) is 0 Å². The van der Waals surface area contributed by atoms with Crippen molar-refractivity contribution in [1.29, 1.82) is 0 Å². The van der Waals surface area contributed by atoms with E-state index in [-0.39, 0.29) is 29.3 Å². The normalized spacial score (nSPS) is 12.1. The average molecular weight is 456 g/mol. The van der Waals surface area contributed by atoms with Gasteiger partial charge in [0.25, 0.3) is 11.6 Å². The highest BCUT2D eigenvalue weighted by atomic mass is 32.1. The summed E-state index contributed by atoms with van der Waals surface area (Å²) in [4.78, 5) is 23.8. The molecule has 4 rings (SSSR count). The Balaban J connectivity index is 1.51. The van der Waals surface area contributed by atoms with E-state index in [1.807, 2.05) is 0 Å². The maximum atomic E-state index is 13.3. The van der Waals surface area contributed by atoms with Gasteiger partial charge < -0.3 is 5.32 Å². The molecule has 0 bridgehead atoms. The lowest BCUT2D eigenvalue weighted by Gasteiger charge is -2.10. The number of anilines is 1. The van der Waals surface area contributed by atoms with Crippen molar-refractivity contribution < 1.29 is 26.7 Å². The molecular formula is C18H13F5N6OS. The number of aryl methyl sites for hydroxylation is 2. The van der Waals surface area contributed by atoms with E-state index in [1.165, 1.54) is 0 Å². The second kappa shape index (κ2) is 7.48. The number of carbonyl (C=O) groups excluding carboxylic acids is 1. The molecule has 0 saturated carbocycles. The number of nitrogens with zero attached hydrogens (tertiary/aromatic N) is 5. The number of amides is 1. The molecule has 1 amide bonds. The Morgan fingerprint density at radius 2 is 1.84 bits per heavy atom. The summed E-state index contributed by atoms with van der Waals surface area (Å²) in [5, 5.41) is 6.21. The smallest absolute Gasteiger partial charge is 0.302 e. The molecule has 1 N–H and O–H groups in total. The quantitative estimate of drug-likeness (QED) is 0.465. The number of rotatable bonds is 4. The first-order valence-electron chi connectivity index (χ1n) is 8.88. The van der Waals surface area contributed by atoms with E-state index in [0.29, 0.717) is 21.7 Å². The van der Waals surface area contributed by atoms with E-state index in [0.717, 1.165) is 28.0 Å². The van der Waals surface area contributed by atoms with Crippen LogP contribution in [-0.2, 0) is 17.4 Å². The minimum absolute atomic E-state index is 0.0195. The van der Waals surface area contributed by atoms with Crippen molar-refractivity contribution >= 4 is 38.4 Å². The van der Waals surface area contributed by atoms with Crippen molar-refractivity contribution in [3.05, 3.63) is 46.5 Å². The topological polar surface area (TPSA) is 85.1 Å². The predicted octanol–water partition coefficient (Wildman–Crippen LogP) is 4.22. The van der Waals surface area contributed by atoms with Gasteiger partial charge in [0.15, 0.2) is 16.8 Å². The molecular weight excluding hydrogens is 443 g/mol. The number of fused-ring (bicyclic) bond motifs is 2. The van der Waals surface area contributed by atoms with Gasteiger partial charge in [-0.3, -0.25) is 4.79 Å². The maximum absolute atomic E-state index is 13.3. The lowest BCUT2D eigenvalue weighted by Crippen LogP contribution is -2.14. The van der Waals surface area contributed by atoms with Crippen molar-refractivity contribution in [2.24, 2.45) is 0 Å². The zero-order chi connectivity index (χ0) is 22.5. The molecule has 162 valence electrons. The fourth-order valence-corrected chi connectivity index (χ4v) is 3.98. The van der Waals surface area contributed by atoms with Crippen LogP contribution in [0.4, 0.5) is 27.1 Å². The molecule has 31 heavy (non-hydrogen) atoms. The van der Waals surface area contributed by atoms with Gasteiger partial charge >= 0.3 is 6.18 Å². The van der Waals surface area contributed by atoms with E-state index < -0.39 is 29.5 Å². The number of aromatic nitrogens is 5. The van der Waals surface area contributed by atoms with Crippen molar-refractivity contribution in [2.45, 2.75) is 32.9 Å². The number of hydrogen-bond acceptors (Lipinski definition) is 6. The Hall–Kier alpha value is -3.22. The molecule has 0 radical (unpaired) electrons. The Labute approximate surface area is 175 Å². The summed E-state index contributed by atoms with van der Waals surface area (Å²) in [6, 6.07) is 1.94. The van der Waals surface area contributed by atoms with Crippen LogP contribution in [0.15, 0.2) is 12.1 Å². The largest absolute Gasteiger partial charge is 0.453 e. The van der Waals surface area contributed by atoms with Gasteiger partial charge in [0, 0.05) is 23.9 Å². The number of nitrogens with one attached hydrogen (secondary N) is 1. The SMILES string of the molecule is Cc1nc2nc(C(F)(F)F)nn2c(C)c1CCC(=O)Nc1nc2cc(F)c(F)cc2s1. The number of alkyl halides is 3. The second-order valence-corrected chi connectivity index (χ2v) is 7.74. The van der Waals surface area contributed by atoms with Crippen LogP contribution in [0, 0.1) is 25.5 Å². The molecule has 0 aliphatic heterocycles. The molecule has 0 spiro atoms. The van der Waals surface area contributed by atoms with Crippen molar-refractivity contribution in [3.63, 3.8) is 0 Å². The van der Waals surface area contributed by atoms with E-state index in [2.05, 4.69) is 25.4 Å². The molecule has 0 aliphatic carbocycles.